The molecule has 10 aromatic rings. The Morgan fingerprint density at radius 1 is 0.410 bits per heavy atom. The molecular weight excluding hydrogens is 741 g/mol. The summed E-state index contributed by atoms with van der Waals surface area (Å²) in [5, 5.41) is 4.67. The molecule has 2 heterocycles. The first-order chi connectivity index (χ1) is 30.3. The monoisotopic (exact) mass is 780 g/mol. The second-order valence-corrected chi connectivity index (χ2v) is 16.0. The van der Waals surface area contributed by atoms with Crippen LogP contribution in [-0.2, 0) is 0 Å². The van der Waals surface area contributed by atoms with Crippen LogP contribution in [0.25, 0.3) is 66.1 Å². The smallest absolute Gasteiger partial charge is 0.143 e. The van der Waals surface area contributed by atoms with E-state index in [-0.39, 0.29) is 12.0 Å². The third kappa shape index (κ3) is 5.73. The standard InChI is InChI=1S/C58H40N2O/c1-2-18-40(19-3-1)44-37-36-41(43-27-16-21-39-20-4-5-22-42(39)43)38-56(44)60(53-32-12-8-25-47(53)49-28-17-29-50-48-26-9-15-35-57(48)61-58(49)50)55-34-14-13-33-54(55)59-51-30-10-6-23-45(51)46-24-7-11-31-52(46)59/h1-38,45,51H. The molecule has 2 atom stereocenters. The lowest BCUT2D eigenvalue weighted by atomic mass is 9.91. The molecule has 2 aliphatic rings. The third-order valence-electron chi connectivity index (χ3n) is 12.6. The normalized spacial score (nSPS) is 15.4. The highest BCUT2D eigenvalue weighted by atomic mass is 16.3. The summed E-state index contributed by atoms with van der Waals surface area (Å²) >= 11 is 0. The molecule has 61 heavy (non-hydrogen) atoms. The second-order valence-electron chi connectivity index (χ2n) is 16.0. The molecule has 12 rings (SSSR count). The Balaban J connectivity index is 1.17. The fraction of sp³-hybridized carbons (Fsp3) is 0.0345. The predicted octanol–water partition coefficient (Wildman–Crippen LogP) is 15.9. The van der Waals surface area contributed by atoms with Crippen LogP contribution in [0.2, 0.25) is 0 Å². The van der Waals surface area contributed by atoms with Crippen molar-refractivity contribution in [2.45, 2.75) is 12.0 Å². The van der Waals surface area contributed by atoms with E-state index >= 15 is 0 Å². The Morgan fingerprint density at radius 3 is 1.98 bits per heavy atom. The molecular formula is C58H40N2O. The lowest BCUT2D eigenvalue weighted by Crippen LogP contribution is -2.30. The van der Waals surface area contributed by atoms with Crippen LogP contribution >= 0.6 is 0 Å². The summed E-state index contributed by atoms with van der Waals surface area (Å²) in [6, 6.07) is 74.9. The Labute approximate surface area is 355 Å². The van der Waals surface area contributed by atoms with Gasteiger partial charge in [0.15, 0.2) is 0 Å². The second kappa shape index (κ2) is 14.4. The van der Waals surface area contributed by atoms with Gasteiger partial charge >= 0.3 is 0 Å². The molecule has 1 aliphatic carbocycles. The van der Waals surface area contributed by atoms with E-state index in [2.05, 4.69) is 234 Å². The van der Waals surface area contributed by atoms with E-state index in [1.807, 2.05) is 6.07 Å². The maximum Gasteiger partial charge on any atom is 0.143 e. The third-order valence-corrected chi connectivity index (χ3v) is 12.6. The summed E-state index contributed by atoms with van der Waals surface area (Å²) in [5.41, 5.74) is 15.4. The first-order valence-electron chi connectivity index (χ1n) is 21.1. The van der Waals surface area contributed by atoms with Crippen LogP contribution in [0.15, 0.2) is 235 Å². The molecule has 0 N–H and O–H groups in total. The molecule has 0 radical (unpaired) electrons. The zero-order valence-corrected chi connectivity index (χ0v) is 33.4. The minimum atomic E-state index is 0.126. The van der Waals surface area contributed by atoms with Crippen molar-refractivity contribution in [3.63, 3.8) is 0 Å². The van der Waals surface area contributed by atoms with E-state index < -0.39 is 0 Å². The van der Waals surface area contributed by atoms with Gasteiger partial charge in [0.1, 0.15) is 11.2 Å². The summed E-state index contributed by atoms with van der Waals surface area (Å²) in [6.07, 6.45) is 9.11. The van der Waals surface area contributed by atoms with Crippen LogP contribution in [0.3, 0.4) is 0 Å². The zero-order chi connectivity index (χ0) is 40.3. The number of allylic oxidation sites excluding steroid dienone is 2. The molecule has 1 aliphatic heterocycles. The van der Waals surface area contributed by atoms with Crippen molar-refractivity contribution < 1.29 is 4.42 Å². The molecule has 0 fully saturated rings. The van der Waals surface area contributed by atoms with Crippen LogP contribution in [0.1, 0.15) is 11.5 Å². The molecule has 0 spiro atoms. The summed E-state index contributed by atoms with van der Waals surface area (Å²) in [5.74, 6) is 0.246. The van der Waals surface area contributed by atoms with Gasteiger partial charge < -0.3 is 14.2 Å². The van der Waals surface area contributed by atoms with Gasteiger partial charge in [0.05, 0.1) is 28.8 Å². The molecule has 9 aromatic carbocycles. The molecule has 0 saturated heterocycles. The number of para-hydroxylation sites is 6. The maximum absolute atomic E-state index is 6.76. The van der Waals surface area contributed by atoms with Crippen LogP contribution in [0.5, 0.6) is 0 Å². The van der Waals surface area contributed by atoms with E-state index in [0.29, 0.717) is 0 Å². The Hall–Kier alpha value is -7.88. The van der Waals surface area contributed by atoms with Gasteiger partial charge in [0.2, 0.25) is 0 Å². The van der Waals surface area contributed by atoms with Crippen molar-refractivity contribution in [1.29, 1.82) is 0 Å². The fourth-order valence-corrected chi connectivity index (χ4v) is 9.89. The Bertz CT molecular complexity index is 3350. The predicted molar refractivity (Wildman–Crippen MR) is 256 cm³/mol. The summed E-state index contributed by atoms with van der Waals surface area (Å²) in [4.78, 5) is 5.07. The number of fused-ring (bicyclic) bond motifs is 7. The number of benzene rings is 9. The molecule has 288 valence electrons. The maximum atomic E-state index is 6.76. The molecule has 3 heteroatoms. The van der Waals surface area contributed by atoms with E-state index in [1.54, 1.807) is 0 Å². The topological polar surface area (TPSA) is 19.6 Å². The zero-order valence-electron chi connectivity index (χ0n) is 33.4. The number of nitrogens with zero attached hydrogens (tertiary/aromatic N) is 2. The minimum absolute atomic E-state index is 0.126. The van der Waals surface area contributed by atoms with E-state index in [0.717, 1.165) is 72.5 Å². The number of hydrogen-bond donors (Lipinski definition) is 0. The van der Waals surface area contributed by atoms with Crippen molar-refractivity contribution in [3.8, 4) is 33.4 Å². The number of anilines is 5. The molecule has 2 unspecified atom stereocenters. The molecule has 0 bridgehead atoms. The van der Waals surface area contributed by atoms with Gasteiger partial charge in [-0.2, -0.15) is 0 Å². The highest BCUT2D eigenvalue weighted by molar-refractivity contribution is 6.11. The number of furan rings is 1. The van der Waals surface area contributed by atoms with Crippen LogP contribution in [0, 0.1) is 0 Å². The van der Waals surface area contributed by atoms with Crippen LogP contribution < -0.4 is 9.80 Å². The molecule has 0 amide bonds. The van der Waals surface area contributed by atoms with Gasteiger partial charge in [-0.15, -0.1) is 0 Å². The van der Waals surface area contributed by atoms with Gasteiger partial charge in [0.25, 0.3) is 0 Å². The van der Waals surface area contributed by atoms with E-state index in [4.69, 9.17) is 4.42 Å². The number of hydrogen-bond acceptors (Lipinski definition) is 3. The highest BCUT2D eigenvalue weighted by Crippen LogP contribution is 2.54. The van der Waals surface area contributed by atoms with Crippen molar-refractivity contribution in [3.05, 3.63) is 236 Å². The average Bonchev–Trinajstić information content (AvgIpc) is 3.88. The first kappa shape index (κ1) is 35.1. The highest BCUT2D eigenvalue weighted by Gasteiger charge is 2.39. The molecule has 1 aromatic heterocycles. The van der Waals surface area contributed by atoms with Crippen molar-refractivity contribution in [2.75, 3.05) is 9.80 Å². The van der Waals surface area contributed by atoms with Crippen molar-refractivity contribution in [1.82, 2.24) is 0 Å². The Kier molecular flexibility index (Phi) is 8.31. The Morgan fingerprint density at radius 2 is 1.07 bits per heavy atom. The average molecular weight is 781 g/mol. The van der Waals surface area contributed by atoms with Crippen molar-refractivity contribution in [2.24, 2.45) is 0 Å². The fourth-order valence-electron chi connectivity index (χ4n) is 9.89. The van der Waals surface area contributed by atoms with E-state index in [9.17, 15) is 0 Å². The van der Waals surface area contributed by atoms with Crippen LogP contribution in [-0.4, -0.2) is 6.04 Å². The number of rotatable bonds is 7. The molecule has 3 nitrogen and oxygen atoms in total. The minimum Gasteiger partial charge on any atom is -0.455 e. The lowest BCUT2D eigenvalue weighted by molar-refractivity contribution is 0.670. The van der Waals surface area contributed by atoms with Gasteiger partial charge in [-0.3, -0.25) is 0 Å². The van der Waals surface area contributed by atoms with Crippen molar-refractivity contribution >= 4 is 61.1 Å². The van der Waals surface area contributed by atoms with Gasteiger partial charge in [-0.05, 0) is 69.4 Å². The largest absolute Gasteiger partial charge is 0.455 e. The van der Waals surface area contributed by atoms with E-state index in [1.165, 1.54) is 27.6 Å². The summed E-state index contributed by atoms with van der Waals surface area (Å²) in [7, 11) is 0. The quantitative estimate of drug-likeness (QED) is 0.161. The molecule has 0 saturated carbocycles. The summed E-state index contributed by atoms with van der Waals surface area (Å²) in [6.45, 7) is 0. The summed E-state index contributed by atoms with van der Waals surface area (Å²) < 4.78 is 6.76. The SMILES string of the molecule is C1=CC2c3ccccc3N(c3ccccc3N(c3cc(-c4cccc5ccccc45)ccc3-c3ccccc3)c3ccccc3-c3cccc4c3oc3ccccc34)C2C=C1. The van der Waals surface area contributed by atoms with Gasteiger partial charge in [-0.25, -0.2) is 0 Å². The van der Waals surface area contributed by atoms with Gasteiger partial charge in [0, 0.05) is 39.1 Å². The van der Waals surface area contributed by atoms with Crippen LogP contribution in [0.4, 0.5) is 28.4 Å². The first-order valence-corrected chi connectivity index (χ1v) is 21.1. The lowest BCUT2D eigenvalue weighted by Gasteiger charge is -2.36. The van der Waals surface area contributed by atoms with Gasteiger partial charge in [-0.1, -0.05) is 194 Å².